The number of benzene rings is 1. The summed E-state index contributed by atoms with van der Waals surface area (Å²) in [6.45, 7) is 2.07. The van der Waals surface area contributed by atoms with E-state index in [-0.39, 0.29) is 10.7 Å². The molecule has 18 heavy (non-hydrogen) atoms. The van der Waals surface area contributed by atoms with E-state index >= 15 is 0 Å². The zero-order chi connectivity index (χ0) is 13.3. The lowest BCUT2D eigenvalue weighted by Gasteiger charge is -2.04. The largest absolute Gasteiger partial charge is 0.460 e. The molecule has 0 radical (unpaired) electrons. The number of nitro benzene ring substituents is 1. The fourth-order valence-electron chi connectivity index (χ4n) is 1.70. The zero-order valence-corrected chi connectivity index (χ0v) is 10.4. The minimum Gasteiger partial charge on any atom is -0.460 e. The van der Waals surface area contributed by atoms with Gasteiger partial charge in [-0.2, -0.15) is 0 Å². The Kier molecular flexibility index (Phi) is 3.36. The number of nitrogens with zero attached hydrogens (tertiary/aromatic N) is 1. The van der Waals surface area contributed by atoms with Gasteiger partial charge in [-0.1, -0.05) is 11.6 Å². The van der Waals surface area contributed by atoms with Crippen LogP contribution in [-0.4, -0.2) is 4.92 Å². The molecule has 0 aliphatic carbocycles. The molecule has 0 aliphatic heterocycles. The van der Waals surface area contributed by atoms with Crippen LogP contribution in [0.15, 0.2) is 28.7 Å². The first-order valence-corrected chi connectivity index (χ1v) is 5.64. The van der Waals surface area contributed by atoms with Crippen molar-refractivity contribution in [3.8, 4) is 11.3 Å². The summed E-state index contributed by atoms with van der Waals surface area (Å²) in [6, 6.07) is 6.51. The van der Waals surface area contributed by atoms with E-state index in [0.29, 0.717) is 18.1 Å². The van der Waals surface area contributed by atoms with Crippen LogP contribution in [0.4, 0.5) is 5.69 Å². The van der Waals surface area contributed by atoms with E-state index in [4.69, 9.17) is 21.8 Å². The third-order valence-electron chi connectivity index (χ3n) is 2.62. The lowest BCUT2D eigenvalue weighted by atomic mass is 10.1. The summed E-state index contributed by atoms with van der Waals surface area (Å²) in [4.78, 5) is 10.2. The van der Waals surface area contributed by atoms with Crippen LogP contribution in [0.3, 0.4) is 0 Å². The molecule has 0 atom stereocenters. The Bertz CT molecular complexity index is 607. The van der Waals surface area contributed by atoms with Crippen molar-refractivity contribution in [3.05, 3.63) is 50.7 Å². The molecule has 0 fully saturated rings. The summed E-state index contributed by atoms with van der Waals surface area (Å²) in [7, 11) is 0. The van der Waals surface area contributed by atoms with Gasteiger partial charge < -0.3 is 10.2 Å². The smallest absolute Gasteiger partial charge is 0.288 e. The van der Waals surface area contributed by atoms with Crippen LogP contribution < -0.4 is 5.73 Å². The highest BCUT2D eigenvalue weighted by molar-refractivity contribution is 6.33. The van der Waals surface area contributed by atoms with E-state index in [2.05, 4.69) is 0 Å². The molecule has 2 aromatic rings. The lowest BCUT2D eigenvalue weighted by Crippen LogP contribution is -1.93. The number of nitrogens with two attached hydrogens (primary N) is 1. The molecule has 0 saturated carbocycles. The van der Waals surface area contributed by atoms with E-state index < -0.39 is 4.92 Å². The molecular formula is C12H11ClN2O3. The van der Waals surface area contributed by atoms with Gasteiger partial charge >= 0.3 is 0 Å². The van der Waals surface area contributed by atoms with Crippen LogP contribution in [0.25, 0.3) is 11.3 Å². The van der Waals surface area contributed by atoms with Crippen LogP contribution in [0.5, 0.6) is 0 Å². The van der Waals surface area contributed by atoms with Gasteiger partial charge in [0.1, 0.15) is 16.5 Å². The van der Waals surface area contributed by atoms with Gasteiger partial charge in [0.2, 0.25) is 0 Å². The molecule has 0 spiro atoms. The summed E-state index contributed by atoms with van der Waals surface area (Å²) in [5, 5.41) is 10.8. The second kappa shape index (κ2) is 4.80. The molecule has 1 aromatic heterocycles. The topological polar surface area (TPSA) is 82.3 Å². The minimum atomic E-state index is -0.507. The van der Waals surface area contributed by atoms with Crippen molar-refractivity contribution in [2.45, 2.75) is 13.5 Å². The van der Waals surface area contributed by atoms with Crippen molar-refractivity contribution in [2.75, 3.05) is 0 Å². The predicted octanol–water partition coefficient (Wildman–Crippen LogP) is 3.28. The zero-order valence-electron chi connectivity index (χ0n) is 9.64. The maximum atomic E-state index is 10.8. The average Bonchev–Trinajstić information content (AvgIpc) is 2.79. The van der Waals surface area contributed by atoms with Crippen molar-refractivity contribution >= 4 is 17.3 Å². The van der Waals surface area contributed by atoms with Gasteiger partial charge in [0.05, 0.1) is 11.5 Å². The SMILES string of the molecule is Cc1cc([N+](=O)[O-])c(Cl)cc1-c1ccc(CN)o1. The first kappa shape index (κ1) is 12.6. The highest BCUT2D eigenvalue weighted by Crippen LogP contribution is 2.34. The number of nitro groups is 1. The lowest BCUT2D eigenvalue weighted by molar-refractivity contribution is -0.384. The number of aryl methyl sites for hydroxylation is 1. The van der Waals surface area contributed by atoms with Crippen molar-refractivity contribution in [1.29, 1.82) is 0 Å². The molecule has 1 heterocycles. The molecule has 0 saturated heterocycles. The van der Waals surface area contributed by atoms with Gasteiger partial charge in [0.15, 0.2) is 0 Å². The first-order chi connectivity index (χ1) is 8.52. The number of rotatable bonds is 3. The van der Waals surface area contributed by atoms with Crippen LogP contribution in [0.1, 0.15) is 11.3 Å². The quantitative estimate of drug-likeness (QED) is 0.683. The van der Waals surface area contributed by atoms with Crippen molar-refractivity contribution in [2.24, 2.45) is 5.73 Å². The molecular weight excluding hydrogens is 256 g/mol. The van der Waals surface area contributed by atoms with Crippen molar-refractivity contribution in [3.63, 3.8) is 0 Å². The maximum Gasteiger partial charge on any atom is 0.288 e. The van der Waals surface area contributed by atoms with E-state index in [1.807, 2.05) is 0 Å². The Hall–Kier alpha value is -1.85. The second-order valence-electron chi connectivity index (χ2n) is 3.85. The Labute approximate surface area is 108 Å². The monoisotopic (exact) mass is 266 g/mol. The van der Waals surface area contributed by atoms with Crippen LogP contribution in [0, 0.1) is 17.0 Å². The summed E-state index contributed by atoms with van der Waals surface area (Å²) in [5.74, 6) is 1.25. The van der Waals surface area contributed by atoms with E-state index in [1.165, 1.54) is 12.1 Å². The standard InChI is InChI=1S/C12H11ClN2O3/c1-7-4-11(15(16)17)10(13)5-9(7)12-3-2-8(6-14)18-12/h2-5H,6,14H2,1H3. The molecule has 0 amide bonds. The molecule has 6 heteroatoms. The van der Waals surface area contributed by atoms with Gasteiger partial charge in [-0.05, 0) is 30.7 Å². The van der Waals surface area contributed by atoms with Crippen LogP contribution >= 0.6 is 11.6 Å². The van der Waals surface area contributed by atoms with E-state index in [9.17, 15) is 10.1 Å². The van der Waals surface area contributed by atoms with Gasteiger partial charge in [0.25, 0.3) is 5.69 Å². The first-order valence-electron chi connectivity index (χ1n) is 5.26. The number of furan rings is 1. The van der Waals surface area contributed by atoms with E-state index in [0.717, 1.165) is 11.1 Å². The third kappa shape index (κ3) is 2.23. The Morgan fingerprint density at radius 1 is 1.44 bits per heavy atom. The normalized spacial score (nSPS) is 10.6. The van der Waals surface area contributed by atoms with Crippen molar-refractivity contribution < 1.29 is 9.34 Å². The number of hydrogen-bond acceptors (Lipinski definition) is 4. The highest BCUT2D eigenvalue weighted by Gasteiger charge is 2.17. The minimum absolute atomic E-state index is 0.0892. The maximum absolute atomic E-state index is 10.8. The fraction of sp³-hybridized carbons (Fsp3) is 0.167. The third-order valence-corrected chi connectivity index (χ3v) is 2.92. The molecule has 0 unspecified atom stereocenters. The molecule has 1 aromatic carbocycles. The fourth-order valence-corrected chi connectivity index (χ4v) is 1.94. The number of hydrogen-bond donors (Lipinski definition) is 1. The molecule has 2 N–H and O–H groups in total. The van der Waals surface area contributed by atoms with Crippen LogP contribution in [0.2, 0.25) is 5.02 Å². The molecule has 5 nitrogen and oxygen atoms in total. The van der Waals surface area contributed by atoms with Crippen molar-refractivity contribution in [1.82, 2.24) is 0 Å². The second-order valence-corrected chi connectivity index (χ2v) is 4.25. The summed E-state index contributed by atoms with van der Waals surface area (Å²) >= 11 is 5.88. The van der Waals surface area contributed by atoms with Gasteiger partial charge in [-0.3, -0.25) is 10.1 Å². The van der Waals surface area contributed by atoms with Crippen LogP contribution in [-0.2, 0) is 6.54 Å². The Morgan fingerprint density at radius 3 is 2.72 bits per heavy atom. The summed E-state index contributed by atoms with van der Waals surface area (Å²) < 4.78 is 5.50. The van der Waals surface area contributed by atoms with Gasteiger partial charge in [0, 0.05) is 11.6 Å². The molecule has 2 rings (SSSR count). The Balaban J connectivity index is 2.52. The summed E-state index contributed by atoms with van der Waals surface area (Å²) in [6.07, 6.45) is 0. The Morgan fingerprint density at radius 2 is 2.17 bits per heavy atom. The van der Waals surface area contributed by atoms with Gasteiger partial charge in [-0.15, -0.1) is 0 Å². The van der Waals surface area contributed by atoms with E-state index in [1.54, 1.807) is 19.1 Å². The average molecular weight is 267 g/mol. The highest BCUT2D eigenvalue weighted by atomic mass is 35.5. The molecule has 94 valence electrons. The molecule has 0 aliphatic rings. The predicted molar refractivity (Wildman–Crippen MR) is 68.4 cm³/mol. The number of halogens is 1. The summed E-state index contributed by atoms with van der Waals surface area (Å²) in [5.41, 5.74) is 6.81. The van der Waals surface area contributed by atoms with Gasteiger partial charge in [-0.25, -0.2) is 0 Å². The molecule has 0 bridgehead atoms.